The Balaban J connectivity index is 1.41. The number of nitrogens with zero attached hydrogens (tertiary/aromatic N) is 4. The van der Waals surface area contributed by atoms with Crippen molar-refractivity contribution in [2.75, 3.05) is 22.9 Å². The Kier molecular flexibility index (Phi) is 6.44. The van der Waals surface area contributed by atoms with Crippen LogP contribution in [0.15, 0.2) is 48.7 Å². The number of piperidine rings is 1. The zero-order valence-electron chi connectivity index (χ0n) is 22.1. The van der Waals surface area contributed by atoms with Gasteiger partial charge < -0.3 is 19.7 Å². The summed E-state index contributed by atoms with van der Waals surface area (Å²) in [7, 11) is 0. The van der Waals surface area contributed by atoms with Gasteiger partial charge in [0, 0.05) is 42.4 Å². The highest BCUT2D eigenvalue weighted by atomic mass is 35.5. The third-order valence-electron chi connectivity index (χ3n) is 8.27. The Bertz CT molecular complexity index is 1310. The minimum Gasteiger partial charge on any atom is -0.370 e. The molecule has 6 rings (SSSR count). The molecule has 194 valence electrons. The monoisotopic (exact) mass is 533 g/mol. The number of rotatable bonds is 5. The van der Waals surface area contributed by atoms with Crippen LogP contribution >= 0.6 is 23.8 Å². The lowest BCUT2D eigenvalue weighted by Gasteiger charge is -2.37. The number of halogens is 1. The average molecular weight is 534 g/mol. The second-order valence-electron chi connectivity index (χ2n) is 11.4. The van der Waals surface area contributed by atoms with Crippen LogP contribution in [-0.2, 0) is 0 Å². The summed E-state index contributed by atoms with van der Waals surface area (Å²) in [6.07, 6.45) is 5.65. The van der Waals surface area contributed by atoms with Crippen molar-refractivity contribution in [3.05, 3.63) is 76.3 Å². The Morgan fingerprint density at radius 3 is 2.43 bits per heavy atom. The number of thiocarbonyl (C=S) groups is 1. The summed E-state index contributed by atoms with van der Waals surface area (Å²) in [6, 6.07) is 15.5. The van der Waals surface area contributed by atoms with Crippen molar-refractivity contribution in [1.29, 1.82) is 0 Å². The predicted molar refractivity (Wildman–Crippen MR) is 157 cm³/mol. The van der Waals surface area contributed by atoms with Gasteiger partial charge in [-0.25, -0.2) is 0 Å². The van der Waals surface area contributed by atoms with Crippen molar-refractivity contribution < 1.29 is 0 Å². The van der Waals surface area contributed by atoms with Gasteiger partial charge in [-0.2, -0.15) is 0 Å². The summed E-state index contributed by atoms with van der Waals surface area (Å²) in [4.78, 5) is 9.43. The van der Waals surface area contributed by atoms with E-state index in [9.17, 15) is 0 Å². The van der Waals surface area contributed by atoms with Gasteiger partial charge in [-0.3, -0.25) is 4.98 Å². The smallest absolute Gasteiger partial charge is 0.174 e. The van der Waals surface area contributed by atoms with Crippen LogP contribution in [0.25, 0.3) is 0 Å². The van der Waals surface area contributed by atoms with Crippen LogP contribution in [0.2, 0.25) is 5.02 Å². The van der Waals surface area contributed by atoms with E-state index in [4.69, 9.17) is 28.8 Å². The maximum atomic E-state index is 6.99. The van der Waals surface area contributed by atoms with E-state index in [2.05, 4.69) is 77.7 Å². The molecule has 0 unspecified atom stereocenters. The van der Waals surface area contributed by atoms with Gasteiger partial charge in [0.2, 0.25) is 0 Å². The molecule has 3 fully saturated rings. The van der Waals surface area contributed by atoms with E-state index in [1.54, 1.807) is 0 Å². The summed E-state index contributed by atoms with van der Waals surface area (Å²) < 4.78 is 2.51. The fourth-order valence-corrected chi connectivity index (χ4v) is 7.35. The van der Waals surface area contributed by atoms with E-state index in [-0.39, 0.29) is 12.1 Å². The van der Waals surface area contributed by atoms with Gasteiger partial charge in [-0.15, -0.1) is 0 Å². The summed E-state index contributed by atoms with van der Waals surface area (Å²) in [5.74, 6) is 1.33. The number of aryl methyl sites for hydroxylation is 1. The zero-order chi connectivity index (χ0) is 25.8. The van der Waals surface area contributed by atoms with Crippen LogP contribution in [0.4, 0.5) is 11.4 Å². The predicted octanol–water partition coefficient (Wildman–Crippen LogP) is 7.15. The van der Waals surface area contributed by atoms with Gasteiger partial charge in [0.25, 0.3) is 0 Å². The summed E-state index contributed by atoms with van der Waals surface area (Å²) in [5, 5.41) is 5.10. The van der Waals surface area contributed by atoms with E-state index in [1.165, 1.54) is 36.2 Å². The van der Waals surface area contributed by atoms with Crippen molar-refractivity contribution in [3.63, 3.8) is 0 Å². The molecule has 1 aromatic carbocycles. The third kappa shape index (κ3) is 4.52. The van der Waals surface area contributed by atoms with Crippen LogP contribution in [0.5, 0.6) is 0 Å². The fraction of sp³-hybridized carbons (Fsp3) is 0.467. The van der Waals surface area contributed by atoms with Gasteiger partial charge in [0.05, 0.1) is 28.5 Å². The molecule has 1 N–H and O–H groups in total. The summed E-state index contributed by atoms with van der Waals surface area (Å²) in [6.45, 7) is 11.2. The minimum absolute atomic E-state index is 0.0157. The van der Waals surface area contributed by atoms with Crippen molar-refractivity contribution in [1.82, 2.24) is 14.9 Å². The summed E-state index contributed by atoms with van der Waals surface area (Å²) in [5.41, 5.74) is 7.06. The standard InChI is InChI=1S/C30H36ClN5S/c1-18-13-19(2)17-34(16-18)27-11-10-23(15-25(27)31)36-29(24-14-20(3)35(21(24)4)22-8-9-22)28(33-30(36)37)26-7-5-6-12-32-26/h5-7,10-12,14-15,18-19,22,28-29H,8-9,13,16-17H2,1-4H3,(H,33,37)/t18-,19+,28-,29-/m1/s1. The molecule has 37 heavy (non-hydrogen) atoms. The van der Waals surface area contributed by atoms with E-state index >= 15 is 0 Å². The first-order chi connectivity index (χ1) is 17.8. The first-order valence-corrected chi connectivity index (χ1v) is 14.3. The van der Waals surface area contributed by atoms with Crippen LogP contribution in [0, 0.1) is 25.7 Å². The Labute approximate surface area is 230 Å². The first kappa shape index (κ1) is 24.7. The largest absolute Gasteiger partial charge is 0.370 e. The Morgan fingerprint density at radius 1 is 1.03 bits per heavy atom. The molecule has 2 saturated heterocycles. The van der Waals surface area contributed by atoms with Crippen molar-refractivity contribution in [2.45, 2.75) is 65.1 Å². The number of hydrogen-bond acceptors (Lipinski definition) is 3. The molecule has 2 aliphatic heterocycles. The number of pyridine rings is 1. The fourth-order valence-electron chi connectivity index (χ4n) is 6.71. The first-order valence-electron chi connectivity index (χ1n) is 13.5. The normalized spacial score (nSPS) is 26.0. The van der Waals surface area contributed by atoms with Gasteiger partial charge in [-0.1, -0.05) is 31.5 Å². The van der Waals surface area contributed by atoms with Crippen molar-refractivity contribution >= 4 is 40.3 Å². The number of benzene rings is 1. The van der Waals surface area contributed by atoms with Gasteiger partial charge in [0.15, 0.2) is 5.11 Å². The van der Waals surface area contributed by atoms with E-state index in [0.29, 0.717) is 23.0 Å². The molecule has 0 amide bonds. The van der Waals surface area contributed by atoms with Crippen molar-refractivity contribution in [2.24, 2.45) is 11.8 Å². The lowest BCUT2D eigenvalue weighted by Crippen LogP contribution is -2.38. The number of hydrogen-bond donors (Lipinski definition) is 1. The minimum atomic E-state index is -0.0518. The Hall–Kier alpha value is -2.57. The zero-order valence-corrected chi connectivity index (χ0v) is 23.7. The molecule has 2 aromatic heterocycles. The molecule has 1 aliphatic carbocycles. The summed E-state index contributed by atoms with van der Waals surface area (Å²) >= 11 is 13.0. The molecule has 0 spiro atoms. The van der Waals surface area contributed by atoms with Crippen LogP contribution in [0.3, 0.4) is 0 Å². The molecule has 0 radical (unpaired) electrons. The van der Waals surface area contributed by atoms with E-state index in [0.717, 1.165) is 35.2 Å². The topological polar surface area (TPSA) is 36.3 Å². The van der Waals surface area contributed by atoms with Crippen LogP contribution in [0.1, 0.15) is 73.9 Å². The number of aromatic nitrogens is 2. The van der Waals surface area contributed by atoms with E-state index in [1.807, 2.05) is 18.3 Å². The number of anilines is 2. The third-order valence-corrected chi connectivity index (χ3v) is 8.89. The molecular weight excluding hydrogens is 498 g/mol. The van der Waals surface area contributed by atoms with Gasteiger partial charge in [-0.05, 0) is 99.1 Å². The SMILES string of the molecule is Cc1cc([C@@H]2[C@@H](c3ccccn3)NC(=S)N2c2ccc(N3C[C@H](C)C[C@H](C)C3)c(Cl)c2)c(C)n1C1CC1. The maximum Gasteiger partial charge on any atom is 0.174 e. The second kappa shape index (κ2) is 9.63. The lowest BCUT2D eigenvalue weighted by atomic mass is 9.91. The molecule has 7 heteroatoms. The number of nitrogens with one attached hydrogen (secondary N) is 1. The lowest BCUT2D eigenvalue weighted by molar-refractivity contribution is 0.357. The molecule has 0 bridgehead atoms. The highest BCUT2D eigenvalue weighted by molar-refractivity contribution is 7.80. The molecule has 3 aromatic rings. The van der Waals surface area contributed by atoms with Gasteiger partial charge >= 0.3 is 0 Å². The second-order valence-corrected chi connectivity index (χ2v) is 12.2. The highest BCUT2D eigenvalue weighted by Gasteiger charge is 2.43. The molecule has 5 nitrogen and oxygen atoms in total. The van der Waals surface area contributed by atoms with E-state index < -0.39 is 0 Å². The van der Waals surface area contributed by atoms with Crippen molar-refractivity contribution in [3.8, 4) is 0 Å². The molecule has 4 atom stereocenters. The average Bonchev–Trinajstić information content (AvgIpc) is 3.57. The molecule has 4 heterocycles. The van der Waals surface area contributed by atoms with Crippen LogP contribution < -0.4 is 15.1 Å². The maximum absolute atomic E-state index is 6.99. The van der Waals surface area contributed by atoms with Crippen LogP contribution in [-0.4, -0.2) is 27.8 Å². The molecular formula is C30H36ClN5S. The van der Waals surface area contributed by atoms with Gasteiger partial charge in [0.1, 0.15) is 0 Å². The molecule has 3 aliphatic rings. The Morgan fingerprint density at radius 2 is 1.78 bits per heavy atom. The quantitative estimate of drug-likeness (QED) is 0.352. The highest BCUT2D eigenvalue weighted by Crippen LogP contribution is 2.47. The molecule has 1 saturated carbocycles.